The normalized spacial score (nSPS) is 13.0. The molecule has 0 spiro atoms. The summed E-state index contributed by atoms with van der Waals surface area (Å²) in [6.07, 6.45) is 0.612. The first-order valence-electron chi connectivity index (χ1n) is 9.43. The number of sulfonamides is 1. The summed E-state index contributed by atoms with van der Waals surface area (Å²) >= 11 is 6.49. The maximum absolute atomic E-state index is 13.3. The van der Waals surface area contributed by atoms with E-state index >= 15 is 0 Å². The highest BCUT2D eigenvalue weighted by Crippen LogP contribution is 2.34. The molecule has 0 aliphatic carbocycles. The fraction of sp³-hybridized carbons (Fsp3) is 0.0909. The van der Waals surface area contributed by atoms with Gasteiger partial charge in [-0.3, -0.25) is 9.10 Å². The third-order valence-corrected chi connectivity index (χ3v) is 8.07. The molecule has 1 heterocycles. The molecule has 0 atom stereocenters. The van der Waals surface area contributed by atoms with Crippen molar-refractivity contribution < 1.29 is 23.1 Å². The van der Waals surface area contributed by atoms with E-state index in [1.165, 1.54) is 34.6 Å². The largest absolute Gasteiger partial charge is 0.478 e. The summed E-state index contributed by atoms with van der Waals surface area (Å²) in [5.74, 6) is -1.84. The van der Waals surface area contributed by atoms with Gasteiger partial charge in [0.15, 0.2) is 0 Å². The van der Waals surface area contributed by atoms with Crippen LogP contribution >= 0.6 is 31.9 Å². The van der Waals surface area contributed by atoms with Crippen LogP contribution in [-0.4, -0.2) is 31.9 Å². The van der Waals surface area contributed by atoms with E-state index in [2.05, 4.69) is 37.2 Å². The molecule has 32 heavy (non-hydrogen) atoms. The van der Waals surface area contributed by atoms with Gasteiger partial charge in [-0.1, -0.05) is 34.1 Å². The minimum Gasteiger partial charge on any atom is -0.478 e. The Balaban J connectivity index is 1.68. The molecule has 7 nitrogen and oxygen atoms in total. The van der Waals surface area contributed by atoms with E-state index in [0.717, 1.165) is 5.56 Å². The first kappa shape index (κ1) is 22.5. The molecule has 3 aromatic rings. The van der Waals surface area contributed by atoms with Gasteiger partial charge in [0.2, 0.25) is 0 Å². The molecule has 3 aromatic carbocycles. The molecule has 0 bridgehead atoms. The molecule has 1 amide bonds. The Kier molecular flexibility index (Phi) is 6.11. The summed E-state index contributed by atoms with van der Waals surface area (Å²) in [5, 5.41) is 12.0. The molecule has 0 fully saturated rings. The van der Waals surface area contributed by atoms with Crippen LogP contribution in [-0.2, 0) is 16.4 Å². The van der Waals surface area contributed by atoms with Crippen molar-refractivity contribution in [1.29, 1.82) is 0 Å². The highest BCUT2D eigenvalue weighted by Gasteiger charge is 2.31. The van der Waals surface area contributed by atoms with Gasteiger partial charge in [0.25, 0.3) is 15.9 Å². The second-order valence-corrected chi connectivity index (χ2v) is 10.7. The van der Waals surface area contributed by atoms with Crippen molar-refractivity contribution in [2.24, 2.45) is 0 Å². The first-order chi connectivity index (χ1) is 15.2. The monoisotopic (exact) mass is 578 g/mol. The lowest BCUT2D eigenvalue weighted by molar-refractivity contribution is 0.0698. The maximum Gasteiger partial charge on any atom is 0.337 e. The van der Waals surface area contributed by atoms with Crippen LogP contribution in [0.1, 0.15) is 26.3 Å². The van der Waals surface area contributed by atoms with Gasteiger partial charge in [-0.2, -0.15) is 0 Å². The summed E-state index contributed by atoms with van der Waals surface area (Å²) < 4.78 is 28.9. The summed E-state index contributed by atoms with van der Waals surface area (Å²) in [5.41, 5.74) is 1.64. The van der Waals surface area contributed by atoms with Gasteiger partial charge < -0.3 is 10.4 Å². The minimum absolute atomic E-state index is 0.0307. The molecule has 10 heteroatoms. The van der Waals surface area contributed by atoms with Gasteiger partial charge in [-0.05, 0) is 70.4 Å². The topological polar surface area (TPSA) is 104 Å². The van der Waals surface area contributed by atoms with Crippen LogP contribution in [0.25, 0.3) is 0 Å². The summed E-state index contributed by atoms with van der Waals surface area (Å²) in [4.78, 5) is 24.4. The van der Waals surface area contributed by atoms with E-state index < -0.39 is 21.9 Å². The molecule has 1 aliphatic heterocycles. The smallest absolute Gasteiger partial charge is 0.337 e. The molecule has 0 saturated carbocycles. The summed E-state index contributed by atoms with van der Waals surface area (Å²) in [7, 11) is -3.89. The number of fused-ring (bicyclic) bond motifs is 1. The number of halogens is 2. The second kappa shape index (κ2) is 8.68. The minimum atomic E-state index is -3.89. The number of carboxylic acids is 1. The molecule has 164 valence electrons. The van der Waals surface area contributed by atoms with Crippen LogP contribution < -0.4 is 9.62 Å². The fourth-order valence-corrected chi connectivity index (χ4v) is 5.83. The molecule has 0 unspecified atom stereocenters. The second-order valence-electron chi connectivity index (χ2n) is 7.05. The zero-order valence-corrected chi connectivity index (χ0v) is 20.4. The number of benzene rings is 3. The Morgan fingerprint density at radius 3 is 2.47 bits per heavy atom. The summed E-state index contributed by atoms with van der Waals surface area (Å²) in [6.45, 7) is 0.320. The Morgan fingerprint density at radius 1 is 0.969 bits per heavy atom. The number of carbonyl (C=O) groups excluding carboxylic acids is 1. The highest BCUT2D eigenvalue weighted by atomic mass is 79.9. The van der Waals surface area contributed by atoms with Gasteiger partial charge in [-0.25, -0.2) is 13.2 Å². The van der Waals surface area contributed by atoms with Gasteiger partial charge in [0.1, 0.15) is 0 Å². The number of rotatable bonds is 5. The van der Waals surface area contributed by atoms with Crippen molar-refractivity contribution in [1.82, 2.24) is 0 Å². The predicted molar refractivity (Wildman–Crippen MR) is 128 cm³/mol. The van der Waals surface area contributed by atoms with Gasteiger partial charge in [0, 0.05) is 15.5 Å². The van der Waals surface area contributed by atoms with Crippen molar-refractivity contribution in [3.8, 4) is 0 Å². The number of nitrogens with one attached hydrogen (secondary N) is 1. The van der Waals surface area contributed by atoms with Crippen molar-refractivity contribution in [3.63, 3.8) is 0 Å². The lowest BCUT2D eigenvalue weighted by Gasteiger charge is -2.20. The standard InChI is InChI=1S/C22H16Br2N2O5S/c23-14-5-8-19(17(11-14)22(28)29)25-21(27)16-12-15(6-7-18(16)24)32(30,31)26-10-9-13-3-1-2-4-20(13)26/h1-8,11-12H,9-10H2,(H,25,27)(H,28,29). The number of carboxylic acid groups (broad SMARTS) is 1. The van der Waals surface area contributed by atoms with Gasteiger partial charge in [0.05, 0.1) is 27.4 Å². The Hall–Kier alpha value is -2.69. The van der Waals surface area contributed by atoms with Crippen molar-refractivity contribution in [2.75, 3.05) is 16.2 Å². The maximum atomic E-state index is 13.3. The number of nitrogens with zero attached hydrogens (tertiary/aromatic N) is 1. The molecule has 0 aromatic heterocycles. The van der Waals surface area contributed by atoms with Crippen LogP contribution in [0.15, 0.2) is 74.5 Å². The highest BCUT2D eigenvalue weighted by molar-refractivity contribution is 9.10. The van der Waals surface area contributed by atoms with Crippen LogP contribution in [0.5, 0.6) is 0 Å². The Labute approximate surface area is 201 Å². The van der Waals surface area contributed by atoms with Crippen LogP contribution in [0, 0.1) is 0 Å². The number of hydrogen-bond acceptors (Lipinski definition) is 4. The lowest BCUT2D eigenvalue weighted by Crippen LogP contribution is -2.29. The van der Waals surface area contributed by atoms with E-state index in [4.69, 9.17) is 0 Å². The molecule has 2 N–H and O–H groups in total. The quantitative estimate of drug-likeness (QED) is 0.447. The van der Waals surface area contributed by atoms with Crippen molar-refractivity contribution in [2.45, 2.75) is 11.3 Å². The Morgan fingerprint density at radius 2 is 1.72 bits per heavy atom. The average molecular weight is 580 g/mol. The number of aromatic carboxylic acids is 1. The molecule has 0 saturated heterocycles. The van der Waals surface area contributed by atoms with Crippen molar-refractivity contribution in [3.05, 3.63) is 86.3 Å². The van der Waals surface area contributed by atoms with Crippen LogP contribution in [0.4, 0.5) is 11.4 Å². The summed E-state index contributed by atoms with van der Waals surface area (Å²) in [6, 6.07) is 15.9. The SMILES string of the molecule is O=C(Nc1ccc(Br)cc1C(=O)O)c1cc(S(=O)(=O)N2CCc3ccccc32)ccc1Br. The Bertz CT molecular complexity index is 1360. The van der Waals surface area contributed by atoms with E-state index in [-0.39, 0.29) is 21.7 Å². The first-order valence-corrected chi connectivity index (χ1v) is 12.5. The van der Waals surface area contributed by atoms with E-state index in [1.54, 1.807) is 18.2 Å². The average Bonchev–Trinajstić information content (AvgIpc) is 3.20. The zero-order valence-electron chi connectivity index (χ0n) is 16.4. The third-order valence-electron chi connectivity index (χ3n) is 5.08. The molecular formula is C22H16Br2N2O5S. The number of carbonyl (C=O) groups is 2. The lowest BCUT2D eigenvalue weighted by atomic mass is 10.1. The predicted octanol–water partition coefficient (Wildman–Crippen LogP) is 4.91. The van der Waals surface area contributed by atoms with Gasteiger partial charge >= 0.3 is 5.97 Å². The molecule has 4 rings (SSSR count). The van der Waals surface area contributed by atoms with Crippen LogP contribution in [0.3, 0.4) is 0 Å². The number of hydrogen-bond donors (Lipinski definition) is 2. The zero-order chi connectivity index (χ0) is 23.0. The molecule has 0 radical (unpaired) electrons. The van der Waals surface area contributed by atoms with E-state index in [0.29, 0.717) is 27.6 Å². The van der Waals surface area contributed by atoms with Crippen molar-refractivity contribution >= 4 is 65.1 Å². The van der Waals surface area contributed by atoms with Gasteiger partial charge in [-0.15, -0.1) is 0 Å². The van der Waals surface area contributed by atoms with E-state index in [9.17, 15) is 23.1 Å². The fourth-order valence-electron chi connectivity index (χ4n) is 3.52. The third kappa shape index (κ3) is 4.17. The molecule has 1 aliphatic rings. The number of para-hydroxylation sites is 1. The molecular weight excluding hydrogens is 564 g/mol. The van der Waals surface area contributed by atoms with E-state index in [1.807, 2.05) is 12.1 Å². The number of amides is 1. The number of anilines is 2. The van der Waals surface area contributed by atoms with Crippen LogP contribution in [0.2, 0.25) is 0 Å².